The minimum atomic E-state index is -3.52. The number of aromatic nitrogens is 3. The molecule has 0 saturated carbocycles. The highest BCUT2D eigenvalue weighted by atomic mass is 35.5. The Morgan fingerprint density at radius 2 is 2.16 bits per heavy atom. The smallest absolute Gasteiger partial charge is 0.185 e. The number of anilines is 1. The van der Waals surface area contributed by atoms with Crippen LogP contribution in [0.1, 0.15) is 12.7 Å². The number of aryl methyl sites for hydroxylation is 1. The van der Waals surface area contributed by atoms with E-state index in [-0.39, 0.29) is 15.7 Å². The van der Waals surface area contributed by atoms with Crippen LogP contribution in [0, 0.1) is 0 Å². The first-order valence-corrected chi connectivity index (χ1v) is 7.61. The molecule has 0 radical (unpaired) electrons. The molecule has 0 atom stereocenters. The molecule has 1 aromatic heterocycles. The Hall–Kier alpha value is -1.60. The highest BCUT2D eigenvalue weighted by molar-refractivity contribution is 7.90. The zero-order valence-electron chi connectivity index (χ0n) is 10.2. The molecule has 0 aliphatic carbocycles. The highest BCUT2D eigenvalue weighted by Crippen LogP contribution is 2.24. The van der Waals surface area contributed by atoms with Crippen LogP contribution in [0.4, 0.5) is 5.69 Å². The predicted molar refractivity (Wildman–Crippen MR) is 72.5 cm³/mol. The van der Waals surface area contributed by atoms with Gasteiger partial charge in [-0.05, 0) is 25.1 Å². The molecular weight excluding hydrogens is 288 g/mol. The lowest BCUT2D eigenvalue weighted by Crippen LogP contribution is -2.11. The number of hydrogen-bond acceptors (Lipinski definition) is 5. The summed E-state index contributed by atoms with van der Waals surface area (Å²) in [7, 11) is -3.52. The molecule has 0 bridgehead atoms. The number of nitrogens with zero attached hydrogens (tertiary/aromatic N) is 3. The number of hydrogen-bond donors (Lipinski definition) is 1. The fourth-order valence-corrected chi connectivity index (χ4v) is 3.17. The Kier molecular flexibility index (Phi) is 3.77. The van der Waals surface area contributed by atoms with E-state index >= 15 is 0 Å². The average molecular weight is 301 g/mol. The minimum absolute atomic E-state index is 0.123. The van der Waals surface area contributed by atoms with E-state index in [1.165, 1.54) is 29.2 Å². The molecule has 2 aromatic rings. The quantitative estimate of drug-likeness (QED) is 0.864. The molecule has 0 aliphatic rings. The van der Waals surface area contributed by atoms with Gasteiger partial charge in [-0.25, -0.2) is 18.1 Å². The normalized spacial score (nSPS) is 11.7. The maximum absolute atomic E-state index is 12.3. The molecule has 0 saturated heterocycles. The second-order valence-electron chi connectivity index (χ2n) is 3.93. The zero-order valence-corrected chi connectivity index (χ0v) is 11.8. The van der Waals surface area contributed by atoms with Gasteiger partial charge in [0.2, 0.25) is 0 Å². The van der Waals surface area contributed by atoms with Crippen LogP contribution in [0.25, 0.3) is 0 Å². The Balaban J connectivity index is 2.35. The molecule has 0 amide bonds. The molecule has 2 N–H and O–H groups in total. The number of rotatable bonds is 4. The molecule has 0 unspecified atom stereocenters. The molecule has 8 heteroatoms. The summed E-state index contributed by atoms with van der Waals surface area (Å²) in [5.74, 6) is 0.177. The number of nitrogens with two attached hydrogens (primary N) is 1. The molecule has 0 fully saturated rings. The lowest BCUT2D eigenvalue weighted by molar-refractivity contribution is 0.584. The van der Waals surface area contributed by atoms with Crippen molar-refractivity contribution in [2.24, 2.45) is 0 Å². The van der Waals surface area contributed by atoms with Gasteiger partial charge in [0.25, 0.3) is 0 Å². The van der Waals surface area contributed by atoms with E-state index in [1.807, 2.05) is 6.92 Å². The second kappa shape index (κ2) is 5.18. The third kappa shape index (κ3) is 2.87. The van der Waals surface area contributed by atoms with E-state index in [1.54, 1.807) is 0 Å². The second-order valence-corrected chi connectivity index (χ2v) is 6.33. The molecule has 0 aliphatic heterocycles. The number of halogens is 1. The van der Waals surface area contributed by atoms with Crippen molar-refractivity contribution in [2.45, 2.75) is 24.1 Å². The van der Waals surface area contributed by atoms with Crippen molar-refractivity contribution in [3.8, 4) is 0 Å². The molecule has 1 heterocycles. The highest BCUT2D eigenvalue weighted by Gasteiger charge is 2.19. The van der Waals surface area contributed by atoms with Gasteiger partial charge in [-0.1, -0.05) is 11.6 Å². The van der Waals surface area contributed by atoms with Gasteiger partial charge in [-0.15, -0.1) is 0 Å². The standard InChI is InChI=1S/C11H13ClN4O2S/c1-2-16-11(14-7-15-16)6-19(17,18)8-3-4-10(13)9(12)5-8/h3-5,7H,2,6,13H2,1H3. The first-order chi connectivity index (χ1) is 8.94. The summed E-state index contributed by atoms with van der Waals surface area (Å²) in [5.41, 5.74) is 5.91. The van der Waals surface area contributed by atoms with Crippen LogP contribution >= 0.6 is 11.6 Å². The Labute approximate surface area is 116 Å². The summed E-state index contributed by atoms with van der Waals surface area (Å²) in [6.07, 6.45) is 1.34. The molecular formula is C11H13ClN4O2S. The van der Waals surface area contributed by atoms with E-state index < -0.39 is 9.84 Å². The summed E-state index contributed by atoms with van der Waals surface area (Å²) in [6.45, 7) is 2.43. The van der Waals surface area contributed by atoms with Gasteiger partial charge >= 0.3 is 0 Å². The van der Waals surface area contributed by atoms with E-state index in [2.05, 4.69) is 10.1 Å². The zero-order chi connectivity index (χ0) is 14.0. The number of sulfone groups is 1. The van der Waals surface area contributed by atoms with Crippen LogP contribution in [-0.4, -0.2) is 23.2 Å². The first kappa shape index (κ1) is 13.8. The molecule has 19 heavy (non-hydrogen) atoms. The lowest BCUT2D eigenvalue weighted by atomic mass is 10.3. The Morgan fingerprint density at radius 1 is 1.42 bits per heavy atom. The van der Waals surface area contributed by atoms with Crippen molar-refractivity contribution in [1.29, 1.82) is 0 Å². The van der Waals surface area contributed by atoms with E-state index in [4.69, 9.17) is 17.3 Å². The first-order valence-electron chi connectivity index (χ1n) is 5.58. The van der Waals surface area contributed by atoms with E-state index in [9.17, 15) is 8.42 Å². The lowest BCUT2D eigenvalue weighted by Gasteiger charge is -2.06. The molecule has 0 spiro atoms. The Bertz CT molecular complexity index is 696. The number of nitrogen functional groups attached to an aromatic ring is 1. The number of benzene rings is 1. The van der Waals surface area contributed by atoms with Gasteiger partial charge in [0.1, 0.15) is 17.9 Å². The van der Waals surface area contributed by atoms with Crippen LogP contribution in [0.3, 0.4) is 0 Å². The largest absolute Gasteiger partial charge is 0.398 e. The van der Waals surface area contributed by atoms with Gasteiger partial charge in [-0.3, -0.25) is 0 Å². The van der Waals surface area contributed by atoms with Gasteiger partial charge in [0.05, 0.1) is 15.6 Å². The summed E-state index contributed by atoms with van der Waals surface area (Å²) >= 11 is 5.84. The maximum Gasteiger partial charge on any atom is 0.185 e. The average Bonchev–Trinajstić information content (AvgIpc) is 2.79. The van der Waals surface area contributed by atoms with Crippen LogP contribution in [0.5, 0.6) is 0 Å². The monoisotopic (exact) mass is 300 g/mol. The molecule has 2 rings (SSSR count). The summed E-state index contributed by atoms with van der Waals surface area (Å²) in [5, 5.41) is 4.16. The minimum Gasteiger partial charge on any atom is -0.398 e. The topological polar surface area (TPSA) is 90.9 Å². The van der Waals surface area contributed by atoms with E-state index in [0.717, 1.165) is 0 Å². The van der Waals surface area contributed by atoms with Gasteiger partial charge in [0.15, 0.2) is 9.84 Å². The summed E-state index contributed by atoms with van der Waals surface area (Å²) < 4.78 is 26.0. The van der Waals surface area contributed by atoms with Gasteiger partial charge < -0.3 is 5.73 Å². The SMILES string of the molecule is CCn1ncnc1CS(=O)(=O)c1ccc(N)c(Cl)c1. The van der Waals surface area contributed by atoms with Crippen molar-refractivity contribution in [2.75, 3.05) is 5.73 Å². The van der Waals surface area contributed by atoms with Crippen molar-refractivity contribution < 1.29 is 8.42 Å². The fraction of sp³-hybridized carbons (Fsp3) is 0.273. The van der Waals surface area contributed by atoms with Crippen LogP contribution in [-0.2, 0) is 22.1 Å². The van der Waals surface area contributed by atoms with Crippen molar-refractivity contribution in [1.82, 2.24) is 14.8 Å². The van der Waals surface area contributed by atoms with Gasteiger partial charge in [0, 0.05) is 6.54 Å². The van der Waals surface area contributed by atoms with Crippen LogP contribution in [0.2, 0.25) is 5.02 Å². The van der Waals surface area contributed by atoms with E-state index in [0.29, 0.717) is 18.1 Å². The Morgan fingerprint density at radius 3 is 2.79 bits per heavy atom. The predicted octanol–water partition coefficient (Wildman–Crippen LogP) is 1.51. The third-order valence-corrected chi connectivity index (χ3v) is 4.58. The molecule has 6 nitrogen and oxygen atoms in total. The summed E-state index contributed by atoms with van der Waals surface area (Å²) in [4.78, 5) is 4.08. The third-order valence-electron chi connectivity index (χ3n) is 2.65. The van der Waals surface area contributed by atoms with Crippen LogP contribution < -0.4 is 5.73 Å². The van der Waals surface area contributed by atoms with Crippen molar-refractivity contribution >= 4 is 27.1 Å². The van der Waals surface area contributed by atoms with Crippen molar-refractivity contribution in [3.63, 3.8) is 0 Å². The van der Waals surface area contributed by atoms with Crippen molar-refractivity contribution in [3.05, 3.63) is 35.4 Å². The molecule has 102 valence electrons. The molecule has 1 aromatic carbocycles. The van der Waals surface area contributed by atoms with Crippen LogP contribution in [0.15, 0.2) is 29.4 Å². The fourth-order valence-electron chi connectivity index (χ4n) is 1.62. The maximum atomic E-state index is 12.3. The summed E-state index contributed by atoms with van der Waals surface area (Å²) in [6, 6.07) is 4.25. The van der Waals surface area contributed by atoms with Gasteiger partial charge in [-0.2, -0.15) is 5.10 Å².